The van der Waals surface area contributed by atoms with Crippen molar-refractivity contribution in [3.8, 4) is 0 Å². The lowest BCUT2D eigenvalue weighted by Gasteiger charge is -2.42. The van der Waals surface area contributed by atoms with Crippen molar-refractivity contribution in [3.63, 3.8) is 0 Å². The summed E-state index contributed by atoms with van der Waals surface area (Å²) in [5.74, 6) is 0.377. The second-order valence-electron chi connectivity index (χ2n) is 5.37. The third-order valence-electron chi connectivity index (χ3n) is 4.05. The minimum Gasteiger partial charge on any atom is -0.360 e. The smallest absolute Gasteiger partial charge is 0.248 e. The standard InChI is InChI=1S/C12H19N3O3S/c1-9-12(10(2)18-13-9)19(16,17)15-7-11(8-15)14-5-3-4-6-14/h11H,3-8H2,1-2H3. The maximum atomic E-state index is 12.5. The summed E-state index contributed by atoms with van der Waals surface area (Å²) in [7, 11) is -3.43. The third-order valence-corrected chi connectivity index (χ3v) is 6.13. The quantitative estimate of drug-likeness (QED) is 0.820. The van der Waals surface area contributed by atoms with E-state index in [0.29, 0.717) is 30.6 Å². The zero-order chi connectivity index (χ0) is 13.6. The fourth-order valence-corrected chi connectivity index (χ4v) is 4.73. The molecule has 19 heavy (non-hydrogen) atoms. The van der Waals surface area contributed by atoms with Crippen LogP contribution in [0, 0.1) is 13.8 Å². The Morgan fingerprint density at radius 2 is 1.84 bits per heavy atom. The van der Waals surface area contributed by atoms with Crippen LogP contribution in [0.3, 0.4) is 0 Å². The van der Waals surface area contributed by atoms with Gasteiger partial charge in [-0.15, -0.1) is 0 Å². The molecule has 0 atom stereocenters. The fraction of sp³-hybridized carbons (Fsp3) is 0.750. The molecule has 0 bridgehead atoms. The van der Waals surface area contributed by atoms with Gasteiger partial charge in [0, 0.05) is 19.1 Å². The first kappa shape index (κ1) is 13.1. The molecular weight excluding hydrogens is 266 g/mol. The fourth-order valence-electron chi connectivity index (χ4n) is 2.92. The first-order valence-corrected chi connectivity index (χ1v) is 8.11. The van der Waals surface area contributed by atoms with Crippen LogP contribution in [0.4, 0.5) is 0 Å². The second kappa shape index (κ2) is 4.57. The topological polar surface area (TPSA) is 66.7 Å². The second-order valence-corrected chi connectivity index (χ2v) is 7.25. The summed E-state index contributed by atoms with van der Waals surface area (Å²) in [6.07, 6.45) is 2.46. The van der Waals surface area contributed by atoms with E-state index >= 15 is 0 Å². The summed E-state index contributed by atoms with van der Waals surface area (Å²) in [5, 5.41) is 3.73. The van der Waals surface area contributed by atoms with E-state index in [1.807, 2.05) is 0 Å². The number of aromatic nitrogens is 1. The third kappa shape index (κ3) is 2.09. The first-order chi connectivity index (χ1) is 9.00. The van der Waals surface area contributed by atoms with Gasteiger partial charge < -0.3 is 4.52 Å². The molecule has 2 saturated heterocycles. The highest BCUT2D eigenvalue weighted by atomic mass is 32.2. The molecule has 2 fully saturated rings. The molecule has 7 heteroatoms. The van der Waals surface area contributed by atoms with Gasteiger partial charge >= 0.3 is 0 Å². The molecule has 0 radical (unpaired) electrons. The molecule has 0 N–H and O–H groups in total. The molecule has 0 spiro atoms. The molecule has 1 aromatic heterocycles. The van der Waals surface area contributed by atoms with Gasteiger partial charge in [0.25, 0.3) is 0 Å². The normalized spacial score (nSPS) is 22.8. The summed E-state index contributed by atoms with van der Waals surface area (Å²) in [5.41, 5.74) is 0.446. The SMILES string of the molecule is Cc1noc(C)c1S(=O)(=O)N1CC(N2CCCC2)C1. The Balaban J connectivity index is 1.74. The largest absolute Gasteiger partial charge is 0.360 e. The highest BCUT2D eigenvalue weighted by Crippen LogP contribution is 2.29. The van der Waals surface area contributed by atoms with Crippen molar-refractivity contribution in [2.75, 3.05) is 26.2 Å². The van der Waals surface area contributed by atoms with E-state index in [1.54, 1.807) is 13.8 Å². The van der Waals surface area contributed by atoms with Gasteiger partial charge in [-0.3, -0.25) is 4.90 Å². The summed E-state index contributed by atoms with van der Waals surface area (Å²) >= 11 is 0. The van der Waals surface area contributed by atoms with E-state index in [2.05, 4.69) is 10.1 Å². The van der Waals surface area contributed by atoms with Crippen molar-refractivity contribution in [2.24, 2.45) is 0 Å². The van der Waals surface area contributed by atoms with E-state index in [9.17, 15) is 8.42 Å². The minimum absolute atomic E-state index is 0.243. The van der Waals surface area contributed by atoms with Gasteiger partial charge in [0.2, 0.25) is 10.0 Å². The van der Waals surface area contributed by atoms with E-state index in [1.165, 1.54) is 17.1 Å². The molecule has 6 nitrogen and oxygen atoms in total. The van der Waals surface area contributed by atoms with Crippen molar-refractivity contribution < 1.29 is 12.9 Å². The van der Waals surface area contributed by atoms with Gasteiger partial charge in [-0.05, 0) is 39.8 Å². The molecule has 0 aromatic carbocycles. The molecule has 2 aliphatic heterocycles. The molecule has 2 aliphatic rings. The van der Waals surface area contributed by atoms with Crippen molar-refractivity contribution in [2.45, 2.75) is 37.6 Å². The van der Waals surface area contributed by atoms with Crippen LogP contribution in [0.2, 0.25) is 0 Å². The summed E-state index contributed by atoms with van der Waals surface area (Å²) < 4.78 is 31.5. The average Bonchev–Trinajstić information content (AvgIpc) is 2.86. The zero-order valence-electron chi connectivity index (χ0n) is 11.3. The lowest BCUT2D eigenvalue weighted by atomic mass is 10.1. The van der Waals surface area contributed by atoms with Crippen LogP contribution in [-0.2, 0) is 10.0 Å². The van der Waals surface area contributed by atoms with Crippen LogP contribution in [0.15, 0.2) is 9.42 Å². The molecule has 0 saturated carbocycles. The number of nitrogens with zero attached hydrogens (tertiary/aromatic N) is 3. The van der Waals surface area contributed by atoms with Crippen LogP contribution in [0.1, 0.15) is 24.3 Å². The van der Waals surface area contributed by atoms with Crippen molar-refractivity contribution in [1.29, 1.82) is 0 Å². The Labute approximate surface area is 113 Å². The molecule has 3 heterocycles. The Kier molecular flexibility index (Phi) is 3.15. The molecule has 1 aromatic rings. The summed E-state index contributed by atoms with van der Waals surface area (Å²) in [6, 6.07) is 0.387. The highest BCUT2D eigenvalue weighted by molar-refractivity contribution is 7.89. The molecule has 3 rings (SSSR count). The van der Waals surface area contributed by atoms with Crippen molar-refractivity contribution in [1.82, 2.24) is 14.4 Å². The van der Waals surface area contributed by atoms with Crippen LogP contribution in [0.25, 0.3) is 0 Å². The predicted molar refractivity (Wildman–Crippen MR) is 69.3 cm³/mol. The van der Waals surface area contributed by atoms with Gasteiger partial charge in [0.1, 0.15) is 10.6 Å². The Morgan fingerprint density at radius 3 is 2.37 bits per heavy atom. The Morgan fingerprint density at radius 1 is 1.21 bits per heavy atom. The van der Waals surface area contributed by atoms with Crippen LogP contribution in [-0.4, -0.2) is 55.0 Å². The average molecular weight is 285 g/mol. The Bertz CT molecular complexity index is 550. The van der Waals surface area contributed by atoms with Gasteiger partial charge in [-0.25, -0.2) is 8.42 Å². The Hall–Kier alpha value is -0.920. The minimum atomic E-state index is -3.43. The number of rotatable bonds is 3. The van der Waals surface area contributed by atoms with Crippen LogP contribution >= 0.6 is 0 Å². The molecule has 0 amide bonds. The monoisotopic (exact) mass is 285 g/mol. The van der Waals surface area contributed by atoms with Crippen molar-refractivity contribution >= 4 is 10.0 Å². The van der Waals surface area contributed by atoms with Crippen LogP contribution in [0.5, 0.6) is 0 Å². The van der Waals surface area contributed by atoms with Gasteiger partial charge in [0.05, 0.1) is 0 Å². The molecule has 106 valence electrons. The zero-order valence-corrected chi connectivity index (χ0v) is 12.1. The van der Waals surface area contributed by atoms with Gasteiger partial charge in [-0.1, -0.05) is 5.16 Å². The maximum Gasteiger partial charge on any atom is 0.248 e. The van der Waals surface area contributed by atoms with Gasteiger partial charge in [-0.2, -0.15) is 4.31 Å². The number of aryl methyl sites for hydroxylation is 2. The molecule has 0 unspecified atom stereocenters. The van der Waals surface area contributed by atoms with E-state index < -0.39 is 10.0 Å². The summed E-state index contributed by atoms with van der Waals surface area (Å²) in [6.45, 7) is 6.69. The number of likely N-dealkylation sites (tertiary alicyclic amines) is 1. The van der Waals surface area contributed by atoms with Crippen molar-refractivity contribution in [3.05, 3.63) is 11.5 Å². The van der Waals surface area contributed by atoms with Crippen LogP contribution < -0.4 is 0 Å². The summed E-state index contributed by atoms with van der Waals surface area (Å²) in [4.78, 5) is 2.63. The van der Waals surface area contributed by atoms with E-state index in [4.69, 9.17) is 4.52 Å². The van der Waals surface area contributed by atoms with E-state index in [-0.39, 0.29) is 4.90 Å². The number of hydrogen-bond acceptors (Lipinski definition) is 5. The number of hydrogen-bond donors (Lipinski definition) is 0. The predicted octanol–water partition coefficient (Wildman–Crippen LogP) is 0.760. The lowest BCUT2D eigenvalue weighted by molar-refractivity contribution is 0.110. The first-order valence-electron chi connectivity index (χ1n) is 6.67. The van der Waals surface area contributed by atoms with Gasteiger partial charge in [0.15, 0.2) is 5.76 Å². The van der Waals surface area contributed by atoms with E-state index in [0.717, 1.165) is 13.1 Å². The molecular formula is C12H19N3O3S. The maximum absolute atomic E-state index is 12.5. The number of sulfonamides is 1. The lowest BCUT2D eigenvalue weighted by Crippen LogP contribution is -2.60. The highest BCUT2D eigenvalue weighted by Gasteiger charge is 2.42. The molecule has 0 aliphatic carbocycles.